The van der Waals surface area contributed by atoms with E-state index < -0.39 is 5.97 Å². The molecule has 144 valence electrons. The van der Waals surface area contributed by atoms with Crippen molar-refractivity contribution in [1.29, 1.82) is 0 Å². The van der Waals surface area contributed by atoms with Crippen LogP contribution in [0.2, 0.25) is 0 Å². The van der Waals surface area contributed by atoms with Crippen molar-refractivity contribution in [3.05, 3.63) is 35.4 Å². The number of carbonyl (C=O) groups excluding carboxylic acids is 2. The van der Waals surface area contributed by atoms with E-state index in [2.05, 4.69) is 50.4 Å². The second kappa shape index (κ2) is 8.67. The normalized spacial score (nSPS) is 25.7. The maximum atomic E-state index is 11.8. The van der Waals surface area contributed by atoms with Crippen molar-refractivity contribution >= 4 is 11.9 Å². The van der Waals surface area contributed by atoms with Crippen molar-refractivity contribution in [1.82, 2.24) is 5.32 Å². The molecule has 1 heterocycles. The first-order valence-corrected chi connectivity index (χ1v) is 9.46. The third-order valence-corrected chi connectivity index (χ3v) is 5.64. The third kappa shape index (κ3) is 5.31. The fraction of sp³-hybridized carbons (Fsp3) is 0.619. The van der Waals surface area contributed by atoms with Crippen LogP contribution in [0.15, 0.2) is 24.3 Å². The molecule has 1 aliphatic rings. The van der Waals surface area contributed by atoms with Crippen molar-refractivity contribution in [3.8, 4) is 0 Å². The Bertz CT molecular complexity index is 627. The van der Waals surface area contributed by atoms with Crippen LogP contribution in [0.5, 0.6) is 0 Å². The Balaban J connectivity index is 2.10. The molecule has 0 unspecified atom stereocenters. The monoisotopic (exact) mass is 360 g/mol. The van der Waals surface area contributed by atoms with Gasteiger partial charge in [-0.2, -0.15) is 0 Å². The van der Waals surface area contributed by atoms with Crippen LogP contribution in [0.4, 0.5) is 0 Å². The molecule has 2 rings (SSSR count). The number of benzene rings is 1. The van der Waals surface area contributed by atoms with Gasteiger partial charge in [-0.05, 0) is 51.5 Å². The summed E-state index contributed by atoms with van der Waals surface area (Å²) in [5.41, 5.74) is 2.31. The Hall–Kier alpha value is -1.88. The van der Waals surface area contributed by atoms with Gasteiger partial charge in [0.25, 0.3) is 0 Å². The Kier molecular flexibility index (Phi) is 6.81. The zero-order valence-electron chi connectivity index (χ0n) is 16.1. The maximum absolute atomic E-state index is 11.8. The minimum absolute atomic E-state index is 0.0321. The van der Waals surface area contributed by atoms with Gasteiger partial charge < -0.3 is 20.0 Å². The minimum atomic E-state index is -1.19. The van der Waals surface area contributed by atoms with Gasteiger partial charge in [0.2, 0.25) is 5.91 Å². The molecule has 0 bridgehead atoms. The van der Waals surface area contributed by atoms with Crippen LogP contribution < -0.4 is 10.4 Å². The first-order chi connectivity index (χ1) is 12.3. The maximum Gasteiger partial charge on any atom is 0.220 e. The zero-order chi connectivity index (χ0) is 19.2. The predicted molar refractivity (Wildman–Crippen MR) is 98.6 cm³/mol. The predicted octanol–water partition coefficient (Wildman–Crippen LogP) is 2.25. The van der Waals surface area contributed by atoms with Gasteiger partial charge in [0.1, 0.15) is 0 Å². The van der Waals surface area contributed by atoms with Gasteiger partial charge in [-0.25, -0.2) is 0 Å². The van der Waals surface area contributed by atoms with E-state index in [1.165, 1.54) is 11.1 Å². The number of amides is 1. The van der Waals surface area contributed by atoms with Crippen LogP contribution in [0.1, 0.15) is 63.5 Å². The molecule has 1 fully saturated rings. The average molecular weight is 360 g/mol. The summed E-state index contributed by atoms with van der Waals surface area (Å²) in [4.78, 5) is 22.3. The molecular weight excluding hydrogens is 330 g/mol. The topological polar surface area (TPSA) is 78.5 Å². The summed E-state index contributed by atoms with van der Waals surface area (Å²) >= 11 is 0. The third-order valence-electron chi connectivity index (χ3n) is 5.64. The van der Waals surface area contributed by atoms with Gasteiger partial charge >= 0.3 is 0 Å². The van der Waals surface area contributed by atoms with Crippen LogP contribution in [0.25, 0.3) is 0 Å². The van der Waals surface area contributed by atoms with E-state index in [0.717, 1.165) is 25.7 Å². The Morgan fingerprint density at radius 2 is 1.92 bits per heavy atom. The van der Waals surface area contributed by atoms with Gasteiger partial charge in [-0.15, -0.1) is 0 Å². The van der Waals surface area contributed by atoms with Gasteiger partial charge in [0, 0.05) is 31.0 Å². The SMILES string of the molecule is CC[C@]1(C)C[C@](CCNC(=O)CCC(=O)[O-])(c2ccc(C)cc2)CCO1. The molecule has 0 radical (unpaired) electrons. The standard InChI is InChI=1S/C21H31NO4/c1-4-20(3)15-21(12-14-26-20,17-7-5-16(2)6-8-17)11-13-22-18(23)9-10-19(24)25/h5-8H,4,9-15H2,1-3H3,(H,22,23)(H,24,25)/p-1/t20-,21-/m1/s1. The Morgan fingerprint density at radius 1 is 1.23 bits per heavy atom. The quantitative estimate of drug-likeness (QED) is 0.771. The summed E-state index contributed by atoms with van der Waals surface area (Å²) in [6.07, 6.45) is 3.31. The highest BCUT2D eigenvalue weighted by Gasteiger charge is 2.43. The van der Waals surface area contributed by atoms with E-state index in [-0.39, 0.29) is 29.8 Å². The number of hydrogen-bond acceptors (Lipinski definition) is 4. The lowest BCUT2D eigenvalue weighted by molar-refractivity contribution is -0.305. The van der Waals surface area contributed by atoms with E-state index >= 15 is 0 Å². The molecule has 1 saturated heterocycles. The summed E-state index contributed by atoms with van der Waals surface area (Å²) in [6, 6.07) is 8.64. The second-order valence-electron chi connectivity index (χ2n) is 7.70. The molecule has 1 aromatic rings. The molecule has 5 heteroatoms. The van der Waals surface area contributed by atoms with Gasteiger partial charge in [0.05, 0.1) is 5.60 Å². The summed E-state index contributed by atoms with van der Waals surface area (Å²) in [5, 5.41) is 13.4. The number of nitrogens with one attached hydrogen (secondary N) is 1. The van der Waals surface area contributed by atoms with Crippen LogP contribution in [0.3, 0.4) is 0 Å². The highest BCUT2D eigenvalue weighted by molar-refractivity contribution is 5.79. The van der Waals surface area contributed by atoms with Crippen LogP contribution in [-0.4, -0.2) is 30.6 Å². The van der Waals surface area contributed by atoms with E-state index in [1.807, 2.05) is 0 Å². The number of carboxylic acids is 1. The molecule has 1 aromatic carbocycles. The first kappa shape index (κ1) is 20.4. The van der Waals surface area contributed by atoms with Crippen molar-refractivity contribution in [2.75, 3.05) is 13.2 Å². The highest BCUT2D eigenvalue weighted by atomic mass is 16.5. The van der Waals surface area contributed by atoms with Crippen molar-refractivity contribution < 1.29 is 19.4 Å². The van der Waals surface area contributed by atoms with E-state index in [9.17, 15) is 14.7 Å². The van der Waals surface area contributed by atoms with Crippen LogP contribution in [0, 0.1) is 6.92 Å². The van der Waals surface area contributed by atoms with E-state index in [1.54, 1.807) is 0 Å². The van der Waals surface area contributed by atoms with Gasteiger partial charge in [0.15, 0.2) is 0 Å². The molecule has 0 saturated carbocycles. The fourth-order valence-corrected chi connectivity index (χ4v) is 3.83. The largest absolute Gasteiger partial charge is 0.550 e. The van der Waals surface area contributed by atoms with Crippen LogP contribution >= 0.6 is 0 Å². The smallest absolute Gasteiger partial charge is 0.220 e. The lowest BCUT2D eigenvalue weighted by Crippen LogP contribution is -2.47. The van der Waals surface area contributed by atoms with E-state index in [0.29, 0.717) is 13.2 Å². The fourth-order valence-electron chi connectivity index (χ4n) is 3.83. The molecule has 26 heavy (non-hydrogen) atoms. The number of carbonyl (C=O) groups is 2. The first-order valence-electron chi connectivity index (χ1n) is 9.46. The van der Waals surface area contributed by atoms with Gasteiger partial charge in [-0.3, -0.25) is 4.79 Å². The number of aliphatic carboxylic acids is 1. The molecule has 0 spiro atoms. The minimum Gasteiger partial charge on any atom is -0.550 e. The summed E-state index contributed by atoms with van der Waals surface area (Å²) in [5.74, 6) is -1.43. The van der Waals surface area contributed by atoms with E-state index in [4.69, 9.17) is 4.74 Å². The molecule has 2 atom stereocenters. The molecule has 1 aliphatic heterocycles. The van der Waals surface area contributed by atoms with Crippen molar-refractivity contribution in [2.24, 2.45) is 0 Å². The van der Waals surface area contributed by atoms with Crippen molar-refractivity contribution in [3.63, 3.8) is 0 Å². The average Bonchev–Trinajstić information content (AvgIpc) is 2.60. The number of aryl methyl sites for hydroxylation is 1. The number of hydrogen-bond donors (Lipinski definition) is 1. The molecule has 5 nitrogen and oxygen atoms in total. The number of rotatable bonds is 8. The molecule has 1 N–H and O–H groups in total. The number of carboxylic acid groups (broad SMARTS) is 1. The number of ether oxygens (including phenoxy) is 1. The molecule has 0 aliphatic carbocycles. The summed E-state index contributed by atoms with van der Waals surface area (Å²) in [6.45, 7) is 7.62. The second-order valence-corrected chi connectivity index (χ2v) is 7.70. The zero-order valence-corrected chi connectivity index (χ0v) is 16.1. The van der Waals surface area contributed by atoms with Crippen molar-refractivity contribution in [2.45, 2.75) is 70.3 Å². The Labute approximate surface area is 156 Å². The summed E-state index contributed by atoms with van der Waals surface area (Å²) < 4.78 is 6.05. The molecule has 0 aromatic heterocycles. The molecular formula is C21H30NO4-. The van der Waals surface area contributed by atoms with Crippen LogP contribution in [-0.2, 0) is 19.7 Å². The highest BCUT2D eigenvalue weighted by Crippen LogP contribution is 2.45. The lowest BCUT2D eigenvalue weighted by atomic mass is 9.66. The van der Waals surface area contributed by atoms with Gasteiger partial charge in [-0.1, -0.05) is 36.8 Å². The Morgan fingerprint density at radius 3 is 2.54 bits per heavy atom. The summed E-state index contributed by atoms with van der Waals surface area (Å²) in [7, 11) is 0. The molecule has 1 amide bonds. The lowest BCUT2D eigenvalue weighted by Gasteiger charge is -2.47.